The summed E-state index contributed by atoms with van der Waals surface area (Å²) in [6.07, 6.45) is 9.01. The lowest BCUT2D eigenvalue weighted by atomic mass is 10.00. The van der Waals surface area contributed by atoms with E-state index in [1.54, 1.807) is 7.11 Å². The Kier molecular flexibility index (Phi) is 7.04. The molecule has 0 radical (unpaired) electrons. The number of anilines is 1. The summed E-state index contributed by atoms with van der Waals surface area (Å²) in [5, 5.41) is 4.74. The van der Waals surface area contributed by atoms with Crippen molar-refractivity contribution in [3.8, 4) is 5.75 Å². The van der Waals surface area contributed by atoms with E-state index in [2.05, 4.69) is 44.2 Å². The highest BCUT2D eigenvalue weighted by atomic mass is 35.5. The number of methoxy groups -OCH3 is 1. The van der Waals surface area contributed by atoms with Crippen LogP contribution in [0.3, 0.4) is 0 Å². The van der Waals surface area contributed by atoms with Crippen molar-refractivity contribution in [1.82, 2.24) is 14.9 Å². The highest BCUT2D eigenvalue weighted by Gasteiger charge is 2.42. The van der Waals surface area contributed by atoms with E-state index in [0.29, 0.717) is 35.1 Å². The van der Waals surface area contributed by atoms with E-state index in [4.69, 9.17) is 33.3 Å². The van der Waals surface area contributed by atoms with Crippen molar-refractivity contribution in [2.75, 3.05) is 25.2 Å². The second-order valence-corrected chi connectivity index (χ2v) is 9.53. The molecule has 1 aromatic carbocycles. The first-order chi connectivity index (χ1) is 16.7. The summed E-state index contributed by atoms with van der Waals surface area (Å²) in [5.41, 5.74) is 3.11. The van der Waals surface area contributed by atoms with Gasteiger partial charge in [0.05, 0.1) is 23.4 Å². The van der Waals surface area contributed by atoms with Crippen molar-refractivity contribution in [3.63, 3.8) is 0 Å². The van der Waals surface area contributed by atoms with Crippen molar-refractivity contribution in [1.29, 1.82) is 0 Å². The number of benzene rings is 1. The van der Waals surface area contributed by atoms with Gasteiger partial charge >= 0.3 is 0 Å². The Hall–Kier alpha value is -2.61. The van der Waals surface area contributed by atoms with Crippen LogP contribution in [0.5, 0.6) is 5.75 Å². The van der Waals surface area contributed by atoms with E-state index >= 15 is 0 Å². The lowest BCUT2D eigenvalue weighted by molar-refractivity contribution is 0.146. The normalized spacial score (nSPS) is 20.6. The van der Waals surface area contributed by atoms with Crippen LogP contribution in [0.15, 0.2) is 60.9 Å². The van der Waals surface area contributed by atoms with E-state index in [9.17, 15) is 0 Å². The van der Waals surface area contributed by atoms with Crippen LogP contribution in [0.1, 0.15) is 55.2 Å². The monoisotopic (exact) mass is 496 g/mol. The molecule has 2 atom stereocenters. The van der Waals surface area contributed by atoms with E-state index in [1.807, 2.05) is 36.5 Å². The molecule has 6 nitrogen and oxygen atoms in total. The zero-order valence-electron chi connectivity index (χ0n) is 19.2. The SMILES string of the molecule is COCCOc1ccc(N2C(=S)N[C@H](c3ccccn3)[C@H]2c2cccn2C2CCCC2)cc1Cl. The van der Waals surface area contributed by atoms with Crippen molar-refractivity contribution in [3.05, 3.63) is 77.3 Å². The summed E-state index contributed by atoms with van der Waals surface area (Å²) in [7, 11) is 1.65. The lowest BCUT2D eigenvalue weighted by Crippen LogP contribution is -2.30. The summed E-state index contributed by atoms with van der Waals surface area (Å²) in [6.45, 7) is 0.947. The minimum atomic E-state index is -0.0832. The first-order valence-electron chi connectivity index (χ1n) is 11.8. The van der Waals surface area contributed by atoms with Gasteiger partial charge in [-0.25, -0.2) is 0 Å². The molecule has 0 spiro atoms. The molecule has 2 aliphatic rings. The van der Waals surface area contributed by atoms with Crippen LogP contribution in [0.25, 0.3) is 0 Å². The quantitative estimate of drug-likeness (QED) is 0.311. The van der Waals surface area contributed by atoms with Crippen LogP contribution in [0.2, 0.25) is 5.02 Å². The first kappa shape index (κ1) is 23.1. The molecule has 0 amide bonds. The number of nitrogens with zero attached hydrogens (tertiary/aromatic N) is 3. The number of rotatable bonds is 8. The number of hydrogen-bond donors (Lipinski definition) is 1. The van der Waals surface area contributed by atoms with Gasteiger partial charge in [0, 0.05) is 36.9 Å². The maximum atomic E-state index is 6.62. The van der Waals surface area contributed by atoms with Gasteiger partial charge in [-0.1, -0.05) is 30.5 Å². The Morgan fingerprint density at radius 1 is 1.12 bits per heavy atom. The topological polar surface area (TPSA) is 51.6 Å². The Bertz CT molecular complexity index is 1130. The lowest BCUT2D eigenvalue weighted by Gasteiger charge is -2.30. The molecule has 0 unspecified atom stereocenters. The summed E-state index contributed by atoms with van der Waals surface area (Å²) in [4.78, 5) is 6.84. The van der Waals surface area contributed by atoms with Gasteiger partial charge in [0.2, 0.25) is 0 Å². The highest BCUT2D eigenvalue weighted by molar-refractivity contribution is 7.80. The van der Waals surface area contributed by atoms with Crippen molar-refractivity contribution in [2.24, 2.45) is 0 Å². The number of thiocarbonyl (C=S) groups is 1. The smallest absolute Gasteiger partial charge is 0.174 e. The molecule has 178 valence electrons. The minimum absolute atomic E-state index is 0.0608. The van der Waals surface area contributed by atoms with Crippen LogP contribution in [-0.2, 0) is 4.74 Å². The maximum absolute atomic E-state index is 6.62. The van der Waals surface area contributed by atoms with Crippen LogP contribution in [-0.4, -0.2) is 35.0 Å². The molecule has 2 aromatic heterocycles. The summed E-state index contributed by atoms with van der Waals surface area (Å²) in [5.74, 6) is 0.632. The standard InChI is InChI=1S/C26H29ClN4O2S/c1-32-15-16-33-23-12-11-19(17-20(23)27)31-25(22-10-6-14-30(22)18-7-2-3-8-18)24(29-26(31)34)21-9-4-5-13-28-21/h4-6,9-14,17-18,24-25H,2-3,7-8,15-16H2,1H3,(H,29,34)/t24-,25-/m1/s1. The van der Waals surface area contributed by atoms with Crippen molar-refractivity contribution < 1.29 is 9.47 Å². The number of halogens is 1. The largest absolute Gasteiger partial charge is 0.490 e. The predicted molar refractivity (Wildman–Crippen MR) is 139 cm³/mol. The van der Waals surface area contributed by atoms with E-state index in [1.165, 1.54) is 31.4 Å². The van der Waals surface area contributed by atoms with Crippen LogP contribution >= 0.6 is 23.8 Å². The molecule has 34 heavy (non-hydrogen) atoms. The highest BCUT2D eigenvalue weighted by Crippen LogP contribution is 2.44. The Labute approximate surface area is 210 Å². The molecule has 1 saturated carbocycles. The van der Waals surface area contributed by atoms with Gasteiger partial charge in [0.1, 0.15) is 18.4 Å². The van der Waals surface area contributed by atoms with E-state index in [0.717, 1.165) is 11.4 Å². The molecule has 0 bridgehead atoms. The molecule has 1 saturated heterocycles. The van der Waals surface area contributed by atoms with Crippen molar-refractivity contribution >= 4 is 34.6 Å². The minimum Gasteiger partial charge on any atom is -0.490 e. The zero-order valence-corrected chi connectivity index (χ0v) is 20.8. The number of nitrogens with one attached hydrogen (secondary N) is 1. The number of hydrogen-bond acceptors (Lipinski definition) is 4. The molecule has 1 N–H and O–H groups in total. The number of aromatic nitrogens is 2. The van der Waals surface area contributed by atoms with Gasteiger partial charge in [-0.05, 0) is 67.5 Å². The van der Waals surface area contributed by atoms with Crippen LogP contribution in [0, 0.1) is 0 Å². The van der Waals surface area contributed by atoms with Gasteiger partial charge in [-0.3, -0.25) is 4.98 Å². The molecule has 5 rings (SSSR count). The molecular formula is C26H29ClN4O2S. The molecule has 8 heteroatoms. The predicted octanol–water partition coefficient (Wildman–Crippen LogP) is 5.85. The summed E-state index contributed by atoms with van der Waals surface area (Å²) in [6, 6.07) is 16.6. The van der Waals surface area contributed by atoms with Gasteiger partial charge < -0.3 is 24.3 Å². The third kappa shape index (κ3) is 4.52. The summed E-state index contributed by atoms with van der Waals surface area (Å²) >= 11 is 12.5. The van der Waals surface area contributed by atoms with E-state index < -0.39 is 0 Å². The Balaban J connectivity index is 1.54. The number of ether oxygens (including phenoxy) is 2. The molecule has 3 heterocycles. The maximum Gasteiger partial charge on any atom is 0.174 e. The molecular weight excluding hydrogens is 468 g/mol. The molecule has 1 aliphatic heterocycles. The second kappa shape index (κ2) is 10.3. The van der Waals surface area contributed by atoms with Gasteiger partial charge in [-0.15, -0.1) is 0 Å². The fourth-order valence-electron chi connectivity index (χ4n) is 5.10. The van der Waals surface area contributed by atoms with Crippen molar-refractivity contribution in [2.45, 2.75) is 43.8 Å². The molecule has 1 aliphatic carbocycles. The Morgan fingerprint density at radius 3 is 2.71 bits per heavy atom. The fourth-order valence-corrected chi connectivity index (χ4v) is 5.67. The second-order valence-electron chi connectivity index (χ2n) is 8.73. The summed E-state index contributed by atoms with van der Waals surface area (Å²) < 4.78 is 13.3. The average Bonchev–Trinajstić information content (AvgIpc) is 3.60. The van der Waals surface area contributed by atoms with Gasteiger partial charge in [-0.2, -0.15) is 0 Å². The zero-order chi connectivity index (χ0) is 23.5. The van der Waals surface area contributed by atoms with Gasteiger partial charge in [0.15, 0.2) is 5.11 Å². The van der Waals surface area contributed by atoms with Gasteiger partial charge in [0.25, 0.3) is 0 Å². The molecule has 3 aromatic rings. The average molecular weight is 497 g/mol. The van der Waals surface area contributed by atoms with Crippen LogP contribution < -0.4 is 15.0 Å². The van der Waals surface area contributed by atoms with Crippen LogP contribution in [0.4, 0.5) is 5.69 Å². The third-order valence-corrected chi connectivity index (χ3v) is 7.28. The number of pyridine rings is 1. The first-order valence-corrected chi connectivity index (χ1v) is 12.5. The third-order valence-electron chi connectivity index (χ3n) is 6.67. The molecule has 2 fully saturated rings. The van der Waals surface area contributed by atoms with E-state index in [-0.39, 0.29) is 12.1 Å². The fraction of sp³-hybridized carbons (Fsp3) is 0.385. The Morgan fingerprint density at radius 2 is 1.97 bits per heavy atom.